The molecular formula is C14H11FN5O2S-. The summed E-state index contributed by atoms with van der Waals surface area (Å²) in [4.78, 5) is 19.1. The minimum atomic E-state index is -1.18. The molecule has 0 spiro atoms. The molecule has 118 valence electrons. The summed E-state index contributed by atoms with van der Waals surface area (Å²) in [5.74, 6) is -1.49. The largest absolute Gasteiger partial charge is 0.549 e. The fourth-order valence-electron chi connectivity index (χ4n) is 1.94. The van der Waals surface area contributed by atoms with E-state index in [1.165, 1.54) is 25.4 Å². The molecule has 0 radical (unpaired) electrons. The van der Waals surface area contributed by atoms with Crippen LogP contribution in [0.1, 0.15) is 12.5 Å². The Morgan fingerprint density at radius 3 is 2.78 bits per heavy atom. The van der Waals surface area contributed by atoms with Crippen LogP contribution in [0.3, 0.4) is 0 Å². The van der Waals surface area contributed by atoms with Crippen molar-refractivity contribution in [2.24, 2.45) is 0 Å². The first-order chi connectivity index (χ1) is 11.0. The highest BCUT2D eigenvalue weighted by Gasteiger charge is 2.15. The topological polar surface area (TPSA) is 96.6 Å². The zero-order chi connectivity index (χ0) is 16.4. The molecular weight excluding hydrogens is 321 g/mol. The first-order valence-corrected chi connectivity index (χ1v) is 7.58. The summed E-state index contributed by atoms with van der Waals surface area (Å²) in [6, 6.07) is 6.04. The molecule has 23 heavy (non-hydrogen) atoms. The first-order valence-electron chi connectivity index (χ1n) is 6.71. The average molecular weight is 332 g/mol. The Kier molecular flexibility index (Phi) is 4.20. The third kappa shape index (κ3) is 3.29. The molecule has 0 bridgehead atoms. The summed E-state index contributed by atoms with van der Waals surface area (Å²) in [5, 5.41) is 18.6. The van der Waals surface area contributed by atoms with E-state index in [2.05, 4.69) is 20.3 Å². The van der Waals surface area contributed by atoms with Crippen LogP contribution in [0, 0.1) is 5.82 Å². The molecule has 1 aromatic carbocycles. The standard InChI is InChI=1S/C14H12FN5O2S/c1-8(14(21)22)23-13-11-12(16-7-17-13)20(19-18-11)6-9-2-4-10(15)5-3-9/h2-5,7-8H,6H2,1H3,(H,21,22)/p-1/t8-/m1/s1. The predicted octanol–water partition coefficient (Wildman–Crippen LogP) is 0.639. The number of hydrogen-bond donors (Lipinski definition) is 0. The second-order valence-corrected chi connectivity index (χ2v) is 6.13. The number of rotatable bonds is 5. The van der Waals surface area contributed by atoms with Crippen LogP contribution in [0.2, 0.25) is 0 Å². The van der Waals surface area contributed by atoms with Gasteiger partial charge in [-0.2, -0.15) is 0 Å². The van der Waals surface area contributed by atoms with Crippen LogP contribution in [0.5, 0.6) is 0 Å². The maximum Gasteiger partial charge on any atom is 0.183 e. The third-order valence-electron chi connectivity index (χ3n) is 3.13. The molecule has 0 aliphatic heterocycles. The molecule has 0 N–H and O–H groups in total. The molecule has 9 heteroatoms. The van der Waals surface area contributed by atoms with E-state index in [9.17, 15) is 14.3 Å². The lowest BCUT2D eigenvalue weighted by Crippen LogP contribution is -2.31. The van der Waals surface area contributed by atoms with Crippen molar-refractivity contribution in [3.05, 3.63) is 42.0 Å². The van der Waals surface area contributed by atoms with Gasteiger partial charge in [-0.05, 0) is 24.6 Å². The average Bonchev–Trinajstić information content (AvgIpc) is 2.94. The summed E-state index contributed by atoms with van der Waals surface area (Å²) in [7, 11) is 0. The van der Waals surface area contributed by atoms with Crippen LogP contribution < -0.4 is 5.11 Å². The van der Waals surface area contributed by atoms with Crippen molar-refractivity contribution >= 4 is 28.9 Å². The zero-order valence-corrected chi connectivity index (χ0v) is 12.8. The van der Waals surface area contributed by atoms with Crippen molar-refractivity contribution in [1.82, 2.24) is 25.0 Å². The molecule has 0 saturated heterocycles. The number of carboxylic acid groups (broad SMARTS) is 1. The quantitative estimate of drug-likeness (QED) is 0.499. The SMILES string of the molecule is C[C@@H](Sc1ncnc2c1nnn2Cc1ccc(F)cc1)C(=O)[O-]. The van der Waals surface area contributed by atoms with E-state index >= 15 is 0 Å². The van der Waals surface area contributed by atoms with Crippen LogP contribution in [-0.2, 0) is 11.3 Å². The Bertz CT molecular complexity index is 852. The fourth-order valence-corrected chi connectivity index (χ4v) is 2.73. The van der Waals surface area contributed by atoms with Gasteiger partial charge in [0, 0.05) is 5.25 Å². The number of carboxylic acids is 1. The summed E-state index contributed by atoms with van der Waals surface area (Å²) in [6.07, 6.45) is 1.33. The molecule has 0 unspecified atom stereocenters. The second kappa shape index (κ2) is 6.29. The van der Waals surface area contributed by atoms with Gasteiger partial charge in [0.1, 0.15) is 17.2 Å². The zero-order valence-electron chi connectivity index (χ0n) is 12.0. The first kappa shape index (κ1) is 15.3. The van der Waals surface area contributed by atoms with E-state index < -0.39 is 11.2 Å². The number of halogens is 1. The molecule has 0 fully saturated rings. The van der Waals surface area contributed by atoms with E-state index in [1.807, 2.05) is 0 Å². The monoisotopic (exact) mass is 332 g/mol. The van der Waals surface area contributed by atoms with Gasteiger partial charge >= 0.3 is 0 Å². The van der Waals surface area contributed by atoms with Gasteiger partial charge in [-0.25, -0.2) is 19.0 Å². The molecule has 1 atom stereocenters. The number of aliphatic carboxylic acids is 1. The Hall–Kier alpha value is -2.55. The van der Waals surface area contributed by atoms with Crippen LogP contribution in [0.25, 0.3) is 11.2 Å². The van der Waals surface area contributed by atoms with Crippen molar-refractivity contribution in [3.63, 3.8) is 0 Å². The van der Waals surface area contributed by atoms with Gasteiger partial charge < -0.3 is 9.90 Å². The van der Waals surface area contributed by atoms with E-state index in [0.717, 1.165) is 17.3 Å². The molecule has 3 rings (SSSR count). The minimum absolute atomic E-state index is 0.311. The smallest absolute Gasteiger partial charge is 0.183 e. The molecule has 7 nitrogen and oxygen atoms in total. The lowest BCUT2D eigenvalue weighted by molar-refractivity contribution is -0.304. The number of thioether (sulfide) groups is 1. The summed E-state index contributed by atoms with van der Waals surface area (Å²) >= 11 is 1.02. The van der Waals surface area contributed by atoms with E-state index in [-0.39, 0.29) is 5.82 Å². The minimum Gasteiger partial charge on any atom is -0.549 e. The maximum atomic E-state index is 12.9. The van der Waals surface area contributed by atoms with Gasteiger partial charge in [0.25, 0.3) is 0 Å². The van der Waals surface area contributed by atoms with Gasteiger partial charge in [-0.15, -0.1) is 5.10 Å². The van der Waals surface area contributed by atoms with E-state index in [4.69, 9.17) is 0 Å². The molecule has 0 aliphatic rings. The van der Waals surface area contributed by atoms with Gasteiger partial charge in [-0.1, -0.05) is 29.1 Å². The number of nitrogens with zero attached hydrogens (tertiary/aromatic N) is 5. The Balaban J connectivity index is 1.91. The lowest BCUT2D eigenvalue weighted by atomic mass is 10.2. The lowest BCUT2D eigenvalue weighted by Gasteiger charge is -2.10. The highest BCUT2D eigenvalue weighted by molar-refractivity contribution is 8.00. The second-order valence-electron chi connectivity index (χ2n) is 4.80. The number of hydrogen-bond acceptors (Lipinski definition) is 7. The van der Waals surface area contributed by atoms with Crippen LogP contribution in [0.15, 0.2) is 35.6 Å². The fraction of sp³-hybridized carbons (Fsp3) is 0.214. The molecule has 0 saturated carbocycles. The van der Waals surface area contributed by atoms with Crippen molar-refractivity contribution in [2.75, 3.05) is 0 Å². The van der Waals surface area contributed by atoms with Crippen LogP contribution >= 0.6 is 11.8 Å². The Labute approximate surface area is 134 Å². The van der Waals surface area contributed by atoms with Gasteiger partial charge in [0.15, 0.2) is 11.2 Å². The highest BCUT2D eigenvalue weighted by atomic mass is 32.2. The van der Waals surface area contributed by atoms with E-state index in [1.54, 1.807) is 16.8 Å². The summed E-state index contributed by atoms with van der Waals surface area (Å²) in [5.41, 5.74) is 1.75. The van der Waals surface area contributed by atoms with Crippen molar-refractivity contribution in [2.45, 2.75) is 23.7 Å². The Morgan fingerprint density at radius 2 is 2.09 bits per heavy atom. The summed E-state index contributed by atoms with van der Waals surface area (Å²) < 4.78 is 14.5. The van der Waals surface area contributed by atoms with Gasteiger partial charge in [0.2, 0.25) is 0 Å². The number of aromatic nitrogens is 5. The molecule has 2 heterocycles. The number of benzene rings is 1. The number of fused-ring (bicyclic) bond motifs is 1. The van der Waals surface area contributed by atoms with Crippen molar-refractivity contribution < 1.29 is 14.3 Å². The molecule has 0 amide bonds. The third-order valence-corrected chi connectivity index (χ3v) is 4.20. The number of carbonyl (C=O) groups is 1. The predicted molar refractivity (Wildman–Crippen MR) is 78.9 cm³/mol. The highest BCUT2D eigenvalue weighted by Crippen LogP contribution is 2.26. The molecule has 2 aromatic heterocycles. The van der Waals surface area contributed by atoms with E-state index in [0.29, 0.717) is 22.7 Å². The maximum absolute atomic E-state index is 12.9. The summed E-state index contributed by atoms with van der Waals surface area (Å²) in [6.45, 7) is 1.88. The molecule has 0 aliphatic carbocycles. The van der Waals surface area contributed by atoms with Gasteiger partial charge in [0.05, 0.1) is 12.5 Å². The van der Waals surface area contributed by atoms with Crippen molar-refractivity contribution in [3.8, 4) is 0 Å². The Morgan fingerprint density at radius 1 is 1.35 bits per heavy atom. The van der Waals surface area contributed by atoms with Crippen LogP contribution in [0.4, 0.5) is 4.39 Å². The normalized spacial score (nSPS) is 12.4. The number of carbonyl (C=O) groups excluding carboxylic acids is 1. The van der Waals surface area contributed by atoms with Crippen molar-refractivity contribution in [1.29, 1.82) is 0 Å². The molecule has 3 aromatic rings. The van der Waals surface area contributed by atoms with Gasteiger partial charge in [-0.3, -0.25) is 0 Å². The van der Waals surface area contributed by atoms with Crippen LogP contribution in [-0.4, -0.2) is 36.2 Å².